The molecule has 2 aromatic heterocycles. The van der Waals surface area contributed by atoms with Gasteiger partial charge in [-0.2, -0.15) is 0 Å². The molecular weight excluding hydrogens is 484 g/mol. The molecule has 0 aromatic carbocycles. The van der Waals surface area contributed by atoms with E-state index in [1.54, 1.807) is 18.3 Å². The molecule has 1 aliphatic carbocycles. The maximum absolute atomic E-state index is 13.1. The predicted molar refractivity (Wildman–Crippen MR) is 136 cm³/mol. The van der Waals surface area contributed by atoms with Crippen LogP contribution in [0.3, 0.4) is 0 Å². The number of fused-ring (bicyclic) bond motifs is 1. The number of ether oxygens (including phenoxy) is 1. The molecule has 196 valence electrons. The smallest absolute Gasteiger partial charge is 0.278 e. The van der Waals surface area contributed by atoms with Crippen molar-refractivity contribution in [3.63, 3.8) is 0 Å². The number of carbonyl (C=O) groups excluding carboxylic acids is 1. The van der Waals surface area contributed by atoms with Crippen LogP contribution in [0.15, 0.2) is 12.3 Å². The average molecular weight is 520 g/mol. The Morgan fingerprint density at radius 2 is 2.06 bits per heavy atom. The Bertz CT molecular complexity index is 1080. The average Bonchev–Trinajstić information content (AvgIpc) is 3.24. The minimum Gasteiger partial charge on any atom is -0.464 e. The summed E-state index contributed by atoms with van der Waals surface area (Å²) >= 11 is 1.39. The van der Waals surface area contributed by atoms with Gasteiger partial charge in [0.25, 0.3) is 11.1 Å². The zero-order valence-corrected chi connectivity index (χ0v) is 22.0. The molecule has 7 nitrogen and oxygen atoms in total. The van der Waals surface area contributed by atoms with Gasteiger partial charge < -0.3 is 10.1 Å². The van der Waals surface area contributed by atoms with E-state index in [4.69, 9.17) is 4.74 Å². The summed E-state index contributed by atoms with van der Waals surface area (Å²) in [6, 6.07) is 0.218. The Morgan fingerprint density at radius 1 is 1.28 bits per heavy atom. The predicted octanol–water partition coefficient (Wildman–Crippen LogP) is 4.72. The maximum atomic E-state index is 13.1. The van der Waals surface area contributed by atoms with Crippen molar-refractivity contribution < 1.29 is 18.3 Å². The van der Waals surface area contributed by atoms with E-state index in [9.17, 15) is 13.6 Å². The van der Waals surface area contributed by atoms with Crippen molar-refractivity contribution in [1.29, 1.82) is 0 Å². The van der Waals surface area contributed by atoms with Crippen molar-refractivity contribution >= 4 is 23.3 Å². The van der Waals surface area contributed by atoms with Gasteiger partial charge in [0.15, 0.2) is 6.61 Å². The van der Waals surface area contributed by atoms with Crippen molar-refractivity contribution in [2.24, 2.45) is 5.92 Å². The van der Waals surface area contributed by atoms with E-state index in [2.05, 4.69) is 25.2 Å². The van der Waals surface area contributed by atoms with E-state index in [1.165, 1.54) is 11.3 Å². The Hall–Kier alpha value is -2.46. The van der Waals surface area contributed by atoms with Crippen molar-refractivity contribution in [2.45, 2.75) is 77.8 Å². The highest BCUT2D eigenvalue weighted by Gasteiger charge is 2.27. The standard InChI is InChI=1S/C26H35F2N5O2S/c1-17-20(14-29-18(2)30-17)6-9-24(34)31-21-7-4-19(5-8-21)10-12-33-13-11-23-22(15-33)32-25(36-23)35-16-26(3,27)28/h6,9,14,19,21H,4-5,7-8,10-13,15-16H2,1-3H3,(H,31,34)/b9-6+/t19-,21-. The van der Waals surface area contributed by atoms with Crippen LogP contribution in [0, 0.1) is 19.8 Å². The number of aryl methyl sites for hydroxylation is 2. The van der Waals surface area contributed by atoms with Gasteiger partial charge in [0, 0.05) is 54.5 Å². The van der Waals surface area contributed by atoms with Crippen molar-refractivity contribution in [2.75, 3.05) is 19.7 Å². The highest BCUT2D eigenvalue weighted by molar-refractivity contribution is 7.13. The summed E-state index contributed by atoms with van der Waals surface area (Å²) in [5.41, 5.74) is 2.68. The van der Waals surface area contributed by atoms with Crippen molar-refractivity contribution in [3.8, 4) is 5.19 Å². The van der Waals surface area contributed by atoms with E-state index >= 15 is 0 Å². The van der Waals surface area contributed by atoms with Gasteiger partial charge in [-0.1, -0.05) is 11.3 Å². The van der Waals surface area contributed by atoms with Crippen LogP contribution in [0.4, 0.5) is 8.78 Å². The molecule has 0 bridgehead atoms. The summed E-state index contributed by atoms with van der Waals surface area (Å²) in [4.78, 5) is 28.9. The first-order valence-electron chi connectivity index (χ1n) is 12.6. The molecule has 2 aromatic rings. The van der Waals surface area contributed by atoms with Gasteiger partial charge >= 0.3 is 0 Å². The zero-order chi connectivity index (χ0) is 25.7. The van der Waals surface area contributed by atoms with Gasteiger partial charge in [-0.05, 0) is 70.9 Å². The molecule has 0 saturated heterocycles. The molecule has 2 aliphatic rings. The van der Waals surface area contributed by atoms with Crippen LogP contribution in [0.5, 0.6) is 5.19 Å². The van der Waals surface area contributed by atoms with E-state index in [-0.39, 0.29) is 11.9 Å². The number of thiazole rings is 1. The monoisotopic (exact) mass is 519 g/mol. The molecule has 0 unspecified atom stereocenters. The molecular formula is C26H35F2N5O2S. The van der Waals surface area contributed by atoms with Crippen LogP contribution in [0.25, 0.3) is 6.08 Å². The first-order valence-corrected chi connectivity index (χ1v) is 13.5. The summed E-state index contributed by atoms with van der Waals surface area (Å²) in [6.45, 7) is 6.69. The number of aromatic nitrogens is 3. The lowest BCUT2D eigenvalue weighted by atomic mass is 9.84. The molecule has 0 spiro atoms. The first kappa shape index (κ1) is 26.6. The van der Waals surface area contributed by atoms with Gasteiger partial charge in [-0.15, -0.1) is 0 Å². The molecule has 3 heterocycles. The fourth-order valence-corrected chi connectivity index (χ4v) is 5.71. The summed E-state index contributed by atoms with van der Waals surface area (Å²) < 4.78 is 31.3. The van der Waals surface area contributed by atoms with E-state index in [0.717, 1.165) is 92.7 Å². The first-order chi connectivity index (χ1) is 17.1. The normalized spacial score (nSPS) is 20.9. The molecule has 1 N–H and O–H groups in total. The van der Waals surface area contributed by atoms with Crippen LogP contribution in [-0.2, 0) is 17.8 Å². The van der Waals surface area contributed by atoms with E-state index in [0.29, 0.717) is 11.1 Å². The minimum absolute atomic E-state index is 0.0724. The molecule has 4 rings (SSSR count). The zero-order valence-electron chi connectivity index (χ0n) is 21.2. The summed E-state index contributed by atoms with van der Waals surface area (Å²) in [7, 11) is 0. The number of alkyl halides is 2. The Kier molecular flexibility index (Phi) is 8.66. The van der Waals surface area contributed by atoms with Crippen molar-refractivity contribution in [1.82, 2.24) is 25.2 Å². The highest BCUT2D eigenvalue weighted by atomic mass is 32.1. The number of nitrogens with zero attached hydrogens (tertiary/aromatic N) is 4. The number of hydrogen-bond acceptors (Lipinski definition) is 7. The van der Waals surface area contributed by atoms with Crippen LogP contribution in [-0.4, -0.2) is 57.4 Å². The molecule has 0 atom stereocenters. The second-order valence-corrected chi connectivity index (χ2v) is 11.1. The molecule has 10 heteroatoms. The maximum Gasteiger partial charge on any atom is 0.278 e. The molecule has 1 fully saturated rings. The van der Waals surface area contributed by atoms with Crippen LogP contribution >= 0.6 is 11.3 Å². The molecule has 1 amide bonds. The molecule has 0 radical (unpaired) electrons. The van der Waals surface area contributed by atoms with Gasteiger partial charge in [0.2, 0.25) is 5.91 Å². The Morgan fingerprint density at radius 3 is 2.78 bits per heavy atom. The van der Waals surface area contributed by atoms with Crippen LogP contribution in [0.2, 0.25) is 0 Å². The lowest BCUT2D eigenvalue weighted by Crippen LogP contribution is -2.37. The lowest BCUT2D eigenvalue weighted by molar-refractivity contribution is -0.117. The Labute approximate surface area is 215 Å². The third-order valence-corrected chi connectivity index (χ3v) is 7.90. The topological polar surface area (TPSA) is 80.2 Å². The quantitative estimate of drug-likeness (QED) is 0.483. The number of halogens is 2. The second-order valence-electron chi connectivity index (χ2n) is 10.0. The number of carbonyl (C=O) groups is 1. The van der Waals surface area contributed by atoms with Gasteiger partial charge in [0.05, 0.1) is 5.69 Å². The van der Waals surface area contributed by atoms with Crippen LogP contribution < -0.4 is 10.1 Å². The fraction of sp³-hybridized carbons (Fsp3) is 0.615. The number of hydrogen-bond donors (Lipinski definition) is 1. The fourth-order valence-electron chi connectivity index (χ4n) is 4.80. The minimum atomic E-state index is -2.85. The van der Waals surface area contributed by atoms with E-state index in [1.807, 2.05) is 13.8 Å². The van der Waals surface area contributed by atoms with Gasteiger partial charge in [-0.3, -0.25) is 9.69 Å². The van der Waals surface area contributed by atoms with Gasteiger partial charge in [-0.25, -0.2) is 23.7 Å². The lowest BCUT2D eigenvalue weighted by Gasteiger charge is -2.31. The second kappa shape index (κ2) is 11.7. The summed E-state index contributed by atoms with van der Waals surface area (Å²) in [5, 5.41) is 3.48. The van der Waals surface area contributed by atoms with Crippen LogP contribution in [0.1, 0.15) is 66.7 Å². The number of amides is 1. The number of nitrogens with one attached hydrogen (secondary N) is 1. The van der Waals surface area contributed by atoms with E-state index < -0.39 is 12.5 Å². The Balaban J connectivity index is 1.16. The third-order valence-electron chi connectivity index (χ3n) is 6.83. The number of rotatable bonds is 9. The molecule has 1 saturated carbocycles. The van der Waals surface area contributed by atoms with Gasteiger partial charge in [0.1, 0.15) is 5.82 Å². The summed E-state index contributed by atoms with van der Waals surface area (Å²) in [5.74, 6) is -1.55. The largest absolute Gasteiger partial charge is 0.464 e. The SMILES string of the molecule is Cc1ncc(/C=C/C(=O)N[C@H]2CC[C@H](CCN3CCc4sc(OCC(C)(F)F)nc4C3)CC2)c(C)n1. The molecule has 36 heavy (non-hydrogen) atoms. The highest BCUT2D eigenvalue weighted by Crippen LogP contribution is 2.32. The van der Waals surface area contributed by atoms with Crippen molar-refractivity contribution in [3.05, 3.63) is 39.9 Å². The third kappa shape index (κ3) is 7.77. The molecule has 1 aliphatic heterocycles. The summed E-state index contributed by atoms with van der Waals surface area (Å²) in [6.07, 6.45) is 11.3.